The molecule has 13 aliphatic rings. The Kier molecular flexibility index (Phi) is 31.0. The minimum Gasteiger partial charge on any atom is -0.399 e. The second-order valence-corrected chi connectivity index (χ2v) is 43.9. The molecule has 8 spiro atoms. The molecule has 4 saturated carbocycles. The molecule has 766 valence electrons. The van der Waals surface area contributed by atoms with E-state index >= 15 is 0 Å². The van der Waals surface area contributed by atoms with E-state index in [2.05, 4.69) is 77.3 Å². The van der Waals surface area contributed by atoms with Gasteiger partial charge in [-0.05, 0) is 310 Å². The van der Waals surface area contributed by atoms with Gasteiger partial charge in [0.1, 0.15) is 4.64 Å². The number of aliphatic imine (C=N–C) groups is 1. The molecule has 0 bridgehead atoms. The van der Waals surface area contributed by atoms with E-state index in [1.807, 2.05) is 112 Å². The van der Waals surface area contributed by atoms with Crippen LogP contribution in [0.1, 0.15) is 203 Å². The Hall–Kier alpha value is -10.6. The first kappa shape index (κ1) is 108. The average molecular weight is 2110 g/mol. The van der Waals surface area contributed by atoms with Crippen molar-refractivity contribution in [2.24, 2.45) is 66.3 Å². The van der Waals surface area contributed by atoms with Crippen molar-refractivity contribution in [2.45, 2.75) is 248 Å². The van der Waals surface area contributed by atoms with Gasteiger partial charge in [0.15, 0.2) is 33.2 Å². The quantitative estimate of drug-likeness (QED) is 0.0205. The van der Waals surface area contributed by atoms with Crippen molar-refractivity contribution in [3.05, 3.63) is 206 Å². The van der Waals surface area contributed by atoms with Crippen molar-refractivity contribution in [1.82, 2.24) is 74.7 Å². The molecule has 8 aliphatic carbocycles. The van der Waals surface area contributed by atoms with Crippen LogP contribution in [0.15, 0.2) is 141 Å². The zero-order valence-electron chi connectivity index (χ0n) is 84.7. The Morgan fingerprint density at radius 2 is 0.748 bits per heavy atom. The summed E-state index contributed by atoms with van der Waals surface area (Å²) in [7, 11) is 21.2. The summed E-state index contributed by atoms with van der Waals surface area (Å²) in [4.78, 5) is 130. The highest BCUT2D eigenvalue weighted by Gasteiger charge is 2.72. The fourth-order valence-corrected chi connectivity index (χ4v) is 24.7. The van der Waals surface area contributed by atoms with Crippen molar-refractivity contribution in [3.63, 3.8) is 0 Å². The van der Waals surface area contributed by atoms with Crippen LogP contribution in [0, 0.1) is 29.9 Å². The molecule has 8 fully saturated rings. The summed E-state index contributed by atoms with van der Waals surface area (Å²) in [5.41, 5.74) is 17.8. The van der Waals surface area contributed by atoms with Gasteiger partial charge < -0.3 is 55.7 Å². The molecule has 21 rings (SSSR count). The number of carbonyl (C=O) groups excluding carboxylic acids is 6. The maximum absolute atomic E-state index is 13.8. The molecule has 4 aromatic heterocycles. The maximum atomic E-state index is 13.8. The average Bonchev–Trinajstić information content (AvgIpc) is 1.52. The first-order valence-electron chi connectivity index (χ1n) is 48.3. The third-order valence-electron chi connectivity index (χ3n) is 32.8. The summed E-state index contributed by atoms with van der Waals surface area (Å²) < 4.78 is 42.0. The monoisotopic (exact) mass is 2110 g/mol. The molecule has 4 unspecified atom stereocenters. The third kappa shape index (κ3) is 18.7. The number of aryl methyl sites for hydroxylation is 4. The molecule has 8 N–H and O–H groups in total. The summed E-state index contributed by atoms with van der Waals surface area (Å²) in [6.45, 7) is 13.4. The molecule has 8 amide bonds. The number of urea groups is 2. The predicted octanol–water partition coefficient (Wildman–Crippen LogP) is 11.4. The van der Waals surface area contributed by atoms with Crippen LogP contribution in [0.4, 0.5) is 9.59 Å². The highest BCUT2D eigenvalue weighted by molar-refractivity contribution is 14.1. The minimum atomic E-state index is -1.09. The van der Waals surface area contributed by atoms with Crippen LogP contribution in [-0.4, -0.2) is 223 Å². The van der Waals surface area contributed by atoms with E-state index < -0.39 is 46.1 Å². The van der Waals surface area contributed by atoms with Crippen LogP contribution < -0.4 is 49.6 Å². The molecule has 9 heterocycles. The summed E-state index contributed by atoms with van der Waals surface area (Å²) in [6, 6.07) is 30.5. The molecule has 4 atom stereocenters. The molecule has 5 aliphatic heterocycles. The molecule has 8 aromatic rings. The lowest BCUT2D eigenvalue weighted by Gasteiger charge is -2.46. The van der Waals surface area contributed by atoms with Gasteiger partial charge in [0.2, 0.25) is 0 Å². The number of rotatable bonds is 8. The smallest absolute Gasteiger partial charge is 0.399 e. The number of ether oxygens (including phenoxy) is 4. The number of carbonyl (C=O) groups is 6. The van der Waals surface area contributed by atoms with Gasteiger partial charge in [-0.3, -0.25) is 63.1 Å². The number of benzene rings is 4. The van der Waals surface area contributed by atoms with Crippen molar-refractivity contribution in [2.75, 3.05) is 63.7 Å². The number of aromatic nitrogens is 8. The largest absolute Gasteiger partial charge is 0.494 e. The molecule has 4 aromatic carbocycles. The molecule has 39 heteroatoms. The number of thiocarbonyl (C=S) groups is 1. The number of fused-ring (bicyclic) bond motifs is 12. The van der Waals surface area contributed by atoms with Gasteiger partial charge >= 0.3 is 19.2 Å². The maximum Gasteiger partial charge on any atom is 0.494 e. The van der Waals surface area contributed by atoms with Gasteiger partial charge in [-0.25, -0.2) is 33.5 Å². The summed E-state index contributed by atoms with van der Waals surface area (Å²) in [5.74, 6) is -0.133. The summed E-state index contributed by atoms with van der Waals surface area (Å²) >= 11 is 13.0. The fraction of sp³-hybridized carbons (Fsp3) is 0.538. The molecule has 143 heavy (non-hydrogen) atoms. The second kappa shape index (κ2) is 41.0. The van der Waals surface area contributed by atoms with Crippen molar-refractivity contribution in [3.8, 4) is 33.4 Å². The first-order valence-corrected chi connectivity index (χ1v) is 50.2. The van der Waals surface area contributed by atoms with Crippen LogP contribution in [0.3, 0.4) is 0 Å². The molecular weight excluding hydrogens is 1980 g/mol. The first-order chi connectivity index (χ1) is 67.1. The van der Waals surface area contributed by atoms with E-state index in [1.165, 1.54) is 60.5 Å². The number of nitrogens with zero attached hydrogens (tertiary/aromatic N) is 13. The number of guanidine groups is 1. The van der Waals surface area contributed by atoms with E-state index in [0.29, 0.717) is 15.3 Å². The highest BCUT2D eigenvalue weighted by atomic mass is 127. The van der Waals surface area contributed by atoms with Crippen molar-refractivity contribution >= 4 is 106 Å². The number of nitrogens with one attached hydrogen (secondary N) is 3. The van der Waals surface area contributed by atoms with Crippen LogP contribution in [-0.2, 0) is 128 Å². The van der Waals surface area contributed by atoms with E-state index in [1.54, 1.807) is 126 Å². The van der Waals surface area contributed by atoms with Crippen molar-refractivity contribution < 1.29 is 67.2 Å². The fourth-order valence-electron chi connectivity index (χ4n) is 23.9. The van der Waals surface area contributed by atoms with E-state index in [9.17, 15) is 43.2 Å². The zero-order chi connectivity index (χ0) is 103. The van der Waals surface area contributed by atoms with Crippen molar-refractivity contribution in [1.29, 1.82) is 0 Å². The molecule has 4 saturated heterocycles. The number of amides is 8. The molecule has 0 radical (unpaired) electrons. The van der Waals surface area contributed by atoms with Gasteiger partial charge in [0, 0.05) is 145 Å². The number of nitrogens with two attached hydrogens (primary N) is 2. The normalized spacial score (nSPS) is 28.3. The lowest BCUT2D eigenvalue weighted by molar-refractivity contribution is -0.306. The van der Waals surface area contributed by atoms with Gasteiger partial charge in [-0.15, -0.1) is 0 Å². The summed E-state index contributed by atoms with van der Waals surface area (Å²) in [6.07, 6.45) is 24.7. The minimum absolute atomic E-state index is 0. The Balaban J connectivity index is 0.000000143. The second-order valence-electron chi connectivity index (χ2n) is 41.8. The number of likely N-dealkylation sites (N-methyl/N-ethyl adjacent to an activating group) is 4. The third-order valence-corrected chi connectivity index (χ3v) is 34.1. The van der Waals surface area contributed by atoms with Crippen LogP contribution in [0.2, 0.25) is 0 Å². The van der Waals surface area contributed by atoms with E-state index in [4.69, 9.17) is 68.7 Å². The highest BCUT2D eigenvalue weighted by Crippen LogP contribution is 2.66. The lowest BCUT2D eigenvalue weighted by atomic mass is 9.61. The van der Waals surface area contributed by atoms with Gasteiger partial charge in [-0.1, -0.05) is 74.2 Å². The van der Waals surface area contributed by atoms with Crippen LogP contribution in [0.25, 0.3) is 33.4 Å². The lowest BCUT2D eigenvalue weighted by Crippen LogP contribution is -2.57. The number of hydrogen-bond donors (Lipinski definition) is 6. The standard InChI is InChI=1S/C24H33BN2O5.C23H27N5O3.C23H26N4O4.C23H26N4O2S2.C5H5IN2O.C4H10O2.CH5N.CH4/c1-21(2)22(3,4)32-25(31-21)16-8-7-15-14-23(11-9-17(30-6)10-12-23)24(18(15)13-16)19(28)27(5)20(29)26-24;1-27-20(30)23(26-21(27)24)18-10-14(16-11-19(29)28(2)25-13-16)4-5-15(18)12-22(23)8-6-17(31-3)7-9-22;1-26-20(29)23(25-21(26)30)18-10-14(16-11-19(28)27(2)24-13-16)4-5-15(18)12-22(23)8-6-17(31-3)7-9-22;1-26-20(28)23(25-21(26)31)18-10-14(16-11-19(30)27(2)24-13-16)4-5-15(18)12-22(23)8-6-17(29-3)7-9-22;1-8-5(9)2-4(6)3-7-8;1-4(2,3)6-5;1-2;/h7-8,13,17H,9-12,14H2,1-6H3,(H,26,29);4-5,10-11,13,17H,6-9,12H2,1-3H3,(H2,24,26);4-5,10-11,13,17H,6-9,12H2,1-3H3,(H,25,30);4-5,10-11,13,17H,6-9,12H2,1-3H3,(H,25,31);2-3H,1H3;5H,1-3H3;2H2,1H3;1H4. The van der Waals surface area contributed by atoms with E-state index in [-0.39, 0.29) is 112 Å². The Morgan fingerprint density at radius 3 is 1.07 bits per heavy atom. The zero-order valence-corrected chi connectivity index (χ0v) is 88.5. The van der Waals surface area contributed by atoms with E-state index in [0.717, 1.165) is 204 Å². The van der Waals surface area contributed by atoms with Crippen LogP contribution in [0.5, 0.6) is 0 Å². The molecular formula is C104H136BIN18O17S2. The number of imide groups is 2. The number of halogens is 1. The van der Waals surface area contributed by atoms with Gasteiger partial charge in [0.05, 0.1) is 66.0 Å². The van der Waals surface area contributed by atoms with Gasteiger partial charge in [-0.2, -0.15) is 20.4 Å². The topological polar surface area (TPSA) is 423 Å². The Bertz CT molecular complexity index is 6370. The molecule has 35 nitrogen and oxygen atoms in total. The van der Waals surface area contributed by atoms with Crippen LogP contribution >= 0.6 is 47.0 Å². The number of hydrogen-bond acceptors (Lipinski definition) is 26. The Morgan fingerprint density at radius 1 is 0.427 bits per heavy atom. The summed E-state index contributed by atoms with van der Waals surface area (Å²) in [5, 5.41) is 34.5. The number of methoxy groups -OCH3 is 4. The predicted molar refractivity (Wildman–Crippen MR) is 558 cm³/mol. The SMILES string of the molecule is C.CC(C)(C)OO.CN.COC1CCC2(CC1)Cc1ccc(-c3cnn(C)c(=O)c3)cc1C21N=C(N)N(C)C1=O.COC1CCC2(CC1)Cc1ccc(-c3cnn(C)c(=O)c3)cc1C21NC(=O)N(C)C1=O.COC1CCC2(CC1)Cc1ccc(-c3cnn(C)c(=S)c3)cc1C21NC(=S)N(C)C1=O.COC1CCC2(CC1)Cc1ccc(B3OC(C)(C)C(C)(C)O3)cc1C21NC(=O)N(C)C1=O.Cn1ncc(I)cc1=O. The van der Waals surface area contributed by atoms with Gasteiger partial charge in [0.25, 0.3) is 40.3 Å². The Labute approximate surface area is 859 Å².